The van der Waals surface area contributed by atoms with Crippen LogP contribution >= 0.6 is 0 Å². The number of amidine groups is 1. The van der Waals surface area contributed by atoms with Crippen molar-refractivity contribution in [3.8, 4) is 0 Å². The van der Waals surface area contributed by atoms with Crippen molar-refractivity contribution < 1.29 is 9.53 Å². The average Bonchev–Trinajstić information content (AvgIpc) is 2.39. The van der Waals surface area contributed by atoms with Gasteiger partial charge >= 0.3 is 0 Å². The SMILES string of the molecule is CC.CC1=NC(CN2CCOCC2)CC(=O)N1C. The van der Waals surface area contributed by atoms with Gasteiger partial charge in [0.2, 0.25) is 5.91 Å². The maximum Gasteiger partial charge on any atom is 0.229 e. The summed E-state index contributed by atoms with van der Waals surface area (Å²) in [7, 11) is 1.78. The van der Waals surface area contributed by atoms with E-state index in [1.54, 1.807) is 11.9 Å². The zero-order valence-electron chi connectivity index (χ0n) is 12.0. The van der Waals surface area contributed by atoms with Crippen LogP contribution in [0.3, 0.4) is 0 Å². The van der Waals surface area contributed by atoms with Crippen LogP contribution in [0.25, 0.3) is 0 Å². The van der Waals surface area contributed by atoms with E-state index in [0.717, 1.165) is 38.7 Å². The van der Waals surface area contributed by atoms with E-state index in [1.165, 1.54) is 0 Å². The van der Waals surface area contributed by atoms with E-state index in [4.69, 9.17) is 4.74 Å². The first-order valence-corrected chi connectivity index (χ1v) is 6.78. The Kier molecular flexibility index (Phi) is 6.29. The number of carbonyl (C=O) groups is 1. The predicted molar refractivity (Wildman–Crippen MR) is 72.9 cm³/mol. The van der Waals surface area contributed by atoms with Gasteiger partial charge in [0.1, 0.15) is 5.84 Å². The van der Waals surface area contributed by atoms with Crippen LogP contribution < -0.4 is 0 Å². The zero-order valence-corrected chi connectivity index (χ0v) is 12.0. The highest BCUT2D eigenvalue weighted by Crippen LogP contribution is 2.12. The smallest absolute Gasteiger partial charge is 0.229 e. The second-order valence-electron chi connectivity index (χ2n) is 4.40. The molecule has 2 aliphatic rings. The van der Waals surface area contributed by atoms with Gasteiger partial charge < -0.3 is 9.64 Å². The van der Waals surface area contributed by atoms with Gasteiger partial charge in [-0.2, -0.15) is 0 Å². The van der Waals surface area contributed by atoms with Crippen LogP contribution in [0, 0.1) is 0 Å². The standard InChI is InChI=1S/C11H19N3O2.C2H6/c1-9-12-10(7-11(15)13(9)2)8-14-3-5-16-6-4-14;1-2/h10H,3-8H2,1-2H3;1-2H3. The molecule has 0 aliphatic carbocycles. The molecule has 0 aromatic rings. The van der Waals surface area contributed by atoms with Gasteiger partial charge in [0, 0.05) is 26.7 Å². The second kappa shape index (κ2) is 7.48. The van der Waals surface area contributed by atoms with E-state index < -0.39 is 0 Å². The Hall–Kier alpha value is -0.940. The third-order valence-electron chi connectivity index (χ3n) is 3.21. The van der Waals surface area contributed by atoms with Gasteiger partial charge in [-0.3, -0.25) is 14.7 Å². The maximum atomic E-state index is 11.7. The lowest BCUT2D eigenvalue weighted by molar-refractivity contribution is -0.127. The zero-order chi connectivity index (χ0) is 13.5. The summed E-state index contributed by atoms with van der Waals surface area (Å²) in [6.07, 6.45) is 0.533. The van der Waals surface area contributed by atoms with E-state index in [2.05, 4.69) is 9.89 Å². The quantitative estimate of drug-likeness (QED) is 0.739. The molecule has 2 heterocycles. The average molecular weight is 255 g/mol. The minimum Gasteiger partial charge on any atom is -0.379 e. The van der Waals surface area contributed by atoms with Gasteiger partial charge in [-0.25, -0.2) is 0 Å². The molecule has 18 heavy (non-hydrogen) atoms. The summed E-state index contributed by atoms with van der Waals surface area (Å²) in [5.74, 6) is 1.00. The number of carbonyl (C=O) groups excluding carboxylic acids is 1. The van der Waals surface area contributed by atoms with E-state index in [1.807, 2.05) is 20.8 Å². The summed E-state index contributed by atoms with van der Waals surface area (Å²) in [4.78, 5) is 20.2. The van der Waals surface area contributed by atoms with Crippen molar-refractivity contribution in [3.63, 3.8) is 0 Å². The van der Waals surface area contributed by atoms with Crippen LogP contribution in [0.4, 0.5) is 0 Å². The van der Waals surface area contributed by atoms with Crippen LogP contribution in [0.15, 0.2) is 4.99 Å². The van der Waals surface area contributed by atoms with Crippen molar-refractivity contribution in [2.24, 2.45) is 4.99 Å². The highest BCUT2D eigenvalue weighted by molar-refractivity contribution is 5.98. The van der Waals surface area contributed by atoms with E-state index in [9.17, 15) is 4.79 Å². The Labute approximate surface area is 110 Å². The Morgan fingerprint density at radius 3 is 2.50 bits per heavy atom. The number of hydrogen-bond donors (Lipinski definition) is 0. The molecule has 0 bridgehead atoms. The lowest BCUT2D eigenvalue weighted by Gasteiger charge is -2.32. The van der Waals surface area contributed by atoms with Gasteiger partial charge in [-0.05, 0) is 6.92 Å². The number of aliphatic imine (C=N–C) groups is 1. The summed E-state index contributed by atoms with van der Waals surface area (Å²) in [6, 6.07) is 0.127. The number of morpholine rings is 1. The molecule has 2 aliphatic heterocycles. The first-order valence-electron chi connectivity index (χ1n) is 6.78. The third kappa shape index (κ3) is 4.07. The summed E-state index contributed by atoms with van der Waals surface area (Å²) in [5.41, 5.74) is 0. The van der Waals surface area contributed by atoms with E-state index in [-0.39, 0.29) is 11.9 Å². The molecule has 1 fully saturated rings. The topological polar surface area (TPSA) is 45.1 Å². The number of rotatable bonds is 2. The highest BCUT2D eigenvalue weighted by atomic mass is 16.5. The molecule has 1 unspecified atom stereocenters. The van der Waals surface area contributed by atoms with Gasteiger partial charge in [0.25, 0.3) is 0 Å². The van der Waals surface area contributed by atoms with Crippen molar-refractivity contribution in [1.29, 1.82) is 0 Å². The minimum absolute atomic E-state index is 0.127. The molecule has 5 heteroatoms. The van der Waals surface area contributed by atoms with Crippen LogP contribution in [-0.2, 0) is 9.53 Å². The van der Waals surface area contributed by atoms with Crippen molar-refractivity contribution in [3.05, 3.63) is 0 Å². The van der Waals surface area contributed by atoms with E-state index >= 15 is 0 Å². The summed E-state index contributed by atoms with van der Waals surface area (Å²) < 4.78 is 5.30. The molecule has 0 aromatic carbocycles. The third-order valence-corrected chi connectivity index (χ3v) is 3.21. The highest BCUT2D eigenvalue weighted by Gasteiger charge is 2.25. The number of hydrogen-bond acceptors (Lipinski definition) is 4. The molecule has 1 atom stereocenters. The number of ether oxygens (including phenoxy) is 1. The first-order chi connectivity index (χ1) is 8.66. The summed E-state index contributed by atoms with van der Waals surface area (Å²) >= 11 is 0. The van der Waals surface area contributed by atoms with Gasteiger partial charge in [-0.15, -0.1) is 0 Å². The molecule has 104 valence electrons. The van der Waals surface area contributed by atoms with Crippen LogP contribution in [0.5, 0.6) is 0 Å². The maximum absolute atomic E-state index is 11.7. The molecular formula is C13H25N3O2. The Morgan fingerprint density at radius 2 is 1.94 bits per heavy atom. The lowest BCUT2D eigenvalue weighted by atomic mass is 10.1. The van der Waals surface area contributed by atoms with Crippen molar-refractivity contribution in [2.45, 2.75) is 33.2 Å². The molecule has 2 rings (SSSR count). The Morgan fingerprint density at radius 1 is 1.33 bits per heavy atom. The fraction of sp³-hybridized carbons (Fsp3) is 0.846. The van der Waals surface area contributed by atoms with Crippen LogP contribution in [0.2, 0.25) is 0 Å². The molecule has 1 amide bonds. The Bertz CT molecular complexity index is 299. The normalized spacial score (nSPS) is 25.3. The first kappa shape index (κ1) is 15.1. The van der Waals surface area contributed by atoms with Gasteiger partial charge in [0.15, 0.2) is 0 Å². The van der Waals surface area contributed by atoms with Gasteiger partial charge in [-0.1, -0.05) is 13.8 Å². The summed E-state index contributed by atoms with van der Waals surface area (Å²) in [5, 5.41) is 0. The minimum atomic E-state index is 0.127. The largest absolute Gasteiger partial charge is 0.379 e. The molecule has 0 radical (unpaired) electrons. The molecule has 0 aromatic heterocycles. The number of amides is 1. The number of nitrogens with zero attached hydrogens (tertiary/aromatic N) is 3. The molecule has 5 nitrogen and oxygen atoms in total. The van der Waals surface area contributed by atoms with E-state index in [0.29, 0.717) is 6.42 Å². The second-order valence-corrected chi connectivity index (χ2v) is 4.40. The van der Waals surface area contributed by atoms with Crippen molar-refractivity contribution in [1.82, 2.24) is 9.80 Å². The van der Waals surface area contributed by atoms with Crippen LogP contribution in [0.1, 0.15) is 27.2 Å². The molecule has 0 spiro atoms. The van der Waals surface area contributed by atoms with Crippen molar-refractivity contribution in [2.75, 3.05) is 39.9 Å². The predicted octanol–water partition coefficient (Wildman–Crippen LogP) is 0.994. The monoisotopic (exact) mass is 255 g/mol. The Balaban J connectivity index is 0.000000771. The molecule has 1 saturated heterocycles. The van der Waals surface area contributed by atoms with Gasteiger partial charge in [0.05, 0.1) is 25.7 Å². The molecule has 0 N–H and O–H groups in total. The molecule has 0 saturated carbocycles. The summed E-state index contributed by atoms with van der Waals surface area (Å²) in [6.45, 7) is 10.3. The van der Waals surface area contributed by atoms with Crippen molar-refractivity contribution >= 4 is 11.7 Å². The lowest BCUT2D eigenvalue weighted by Crippen LogP contribution is -2.45. The molecular weight excluding hydrogens is 230 g/mol. The fourth-order valence-electron chi connectivity index (χ4n) is 2.10. The fourth-order valence-corrected chi connectivity index (χ4v) is 2.10. The van der Waals surface area contributed by atoms with Crippen LogP contribution in [-0.4, -0.2) is 67.5 Å².